The molecule has 148 valence electrons. The van der Waals surface area contributed by atoms with Gasteiger partial charge in [0.1, 0.15) is 17.7 Å². The number of hydrogen-bond donors (Lipinski definition) is 0. The predicted molar refractivity (Wildman–Crippen MR) is 96.7 cm³/mol. The number of imide groups is 1. The fourth-order valence-electron chi connectivity index (χ4n) is 4.60. The predicted octanol–water partition coefficient (Wildman–Crippen LogP) is 1.27. The Bertz CT molecular complexity index is 708. The molecule has 1 saturated heterocycles. The number of rotatable bonds is 5. The summed E-state index contributed by atoms with van der Waals surface area (Å²) >= 11 is 0. The Morgan fingerprint density at radius 1 is 1.15 bits per heavy atom. The van der Waals surface area contributed by atoms with E-state index in [2.05, 4.69) is 5.10 Å². The van der Waals surface area contributed by atoms with Gasteiger partial charge in [0.25, 0.3) is 5.91 Å². The maximum Gasteiger partial charge on any atom is 0.355 e. The van der Waals surface area contributed by atoms with Gasteiger partial charge < -0.3 is 4.74 Å². The molecule has 8 heteroatoms. The summed E-state index contributed by atoms with van der Waals surface area (Å²) in [4.78, 5) is 51.7. The van der Waals surface area contributed by atoms with Crippen LogP contribution in [0.3, 0.4) is 0 Å². The summed E-state index contributed by atoms with van der Waals surface area (Å²) in [6, 6.07) is -1.01. The largest absolute Gasteiger partial charge is 0.464 e. The minimum atomic E-state index is -0.960. The van der Waals surface area contributed by atoms with E-state index in [-0.39, 0.29) is 35.8 Å². The first kappa shape index (κ1) is 19.5. The monoisotopic (exact) mass is 377 g/mol. The van der Waals surface area contributed by atoms with E-state index in [4.69, 9.17) is 4.74 Å². The minimum Gasteiger partial charge on any atom is -0.464 e. The van der Waals surface area contributed by atoms with Crippen molar-refractivity contribution in [2.24, 2.45) is 11.0 Å². The van der Waals surface area contributed by atoms with E-state index >= 15 is 0 Å². The van der Waals surface area contributed by atoms with Crippen molar-refractivity contribution in [2.45, 2.75) is 76.9 Å². The van der Waals surface area contributed by atoms with Crippen LogP contribution in [0.15, 0.2) is 5.10 Å². The number of ether oxygens (including phenoxy) is 1. The van der Waals surface area contributed by atoms with Crippen molar-refractivity contribution in [3.8, 4) is 0 Å². The lowest BCUT2D eigenvalue weighted by Gasteiger charge is -2.37. The Morgan fingerprint density at radius 3 is 2.33 bits per heavy atom. The smallest absolute Gasteiger partial charge is 0.355 e. The summed E-state index contributed by atoms with van der Waals surface area (Å²) in [6.45, 7) is 5.04. The highest BCUT2D eigenvalue weighted by Gasteiger charge is 2.61. The summed E-state index contributed by atoms with van der Waals surface area (Å²) in [5.74, 6) is -2.42. The molecule has 1 aliphatic carbocycles. The number of carbonyl (C=O) groups is 4. The van der Waals surface area contributed by atoms with E-state index in [1.807, 2.05) is 0 Å². The number of ketones is 1. The maximum absolute atomic E-state index is 13.2. The van der Waals surface area contributed by atoms with Gasteiger partial charge in [0.2, 0.25) is 5.91 Å². The van der Waals surface area contributed by atoms with Crippen molar-refractivity contribution >= 4 is 29.3 Å². The van der Waals surface area contributed by atoms with Crippen LogP contribution in [0.4, 0.5) is 0 Å². The third-order valence-corrected chi connectivity index (χ3v) is 5.72. The molecule has 0 N–H and O–H groups in total. The van der Waals surface area contributed by atoms with Gasteiger partial charge in [0.15, 0.2) is 5.71 Å². The summed E-state index contributed by atoms with van der Waals surface area (Å²) in [5.41, 5.74) is -0.848. The molecule has 8 nitrogen and oxygen atoms in total. The number of likely N-dealkylation sites (tertiary alicyclic amines) is 1. The fourth-order valence-corrected chi connectivity index (χ4v) is 4.60. The fraction of sp³-hybridized carbons (Fsp3) is 0.737. The number of carbonyl (C=O) groups excluding carboxylic acids is 4. The number of esters is 1. The molecule has 3 aliphatic rings. The minimum absolute atomic E-state index is 0.0456. The molecule has 0 unspecified atom stereocenters. The number of hydrazone groups is 1. The Morgan fingerprint density at radius 2 is 1.78 bits per heavy atom. The second-order valence-electron chi connectivity index (χ2n) is 8.27. The highest BCUT2D eigenvalue weighted by atomic mass is 16.5. The number of fused-ring (bicyclic) bond motifs is 1. The Balaban J connectivity index is 1.99. The van der Waals surface area contributed by atoms with E-state index in [1.165, 1.54) is 23.9 Å². The average molecular weight is 377 g/mol. The van der Waals surface area contributed by atoms with Crippen LogP contribution in [-0.2, 0) is 23.9 Å². The van der Waals surface area contributed by atoms with E-state index in [0.717, 1.165) is 32.1 Å². The number of hydrogen-bond acceptors (Lipinski definition) is 7. The highest BCUT2D eigenvalue weighted by Crippen LogP contribution is 2.40. The number of nitrogens with zero attached hydrogens (tertiary/aromatic N) is 3. The average Bonchev–Trinajstić information content (AvgIpc) is 3.12. The van der Waals surface area contributed by atoms with Gasteiger partial charge in [-0.3, -0.25) is 24.3 Å². The van der Waals surface area contributed by atoms with Crippen LogP contribution >= 0.6 is 0 Å². The summed E-state index contributed by atoms with van der Waals surface area (Å²) in [5, 5.41) is 5.78. The van der Waals surface area contributed by atoms with Crippen molar-refractivity contribution in [1.29, 1.82) is 0 Å². The Labute approximate surface area is 158 Å². The summed E-state index contributed by atoms with van der Waals surface area (Å²) in [7, 11) is 1.23. The van der Waals surface area contributed by atoms with Gasteiger partial charge in [-0.25, -0.2) is 4.79 Å². The van der Waals surface area contributed by atoms with Gasteiger partial charge in [-0.15, -0.1) is 0 Å². The lowest BCUT2D eigenvalue weighted by molar-refractivity contribution is -0.145. The molecule has 0 radical (unpaired) electrons. The zero-order valence-corrected chi connectivity index (χ0v) is 16.4. The molecule has 0 spiro atoms. The van der Waals surface area contributed by atoms with Crippen molar-refractivity contribution in [2.75, 3.05) is 7.11 Å². The quantitative estimate of drug-likeness (QED) is 0.529. The molecule has 3 rings (SSSR count). The van der Waals surface area contributed by atoms with Crippen LogP contribution in [0.25, 0.3) is 0 Å². The van der Waals surface area contributed by atoms with E-state index in [1.54, 1.807) is 13.8 Å². The van der Waals surface area contributed by atoms with Crippen molar-refractivity contribution < 1.29 is 23.9 Å². The zero-order chi connectivity index (χ0) is 19.9. The second-order valence-corrected chi connectivity index (χ2v) is 8.27. The Hall–Kier alpha value is -2.25. The molecule has 2 amide bonds. The molecule has 2 fully saturated rings. The second kappa shape index (κ2) is 7.05. The van der Waals surface area contributed by atoms with Crippen LogP contribution in [0.1, 0.15) is 59.3 Å². The Kier molecular flexibility index (Phi) is 5.10. The van der Waals surface area contributed by atoms with Gasteiger partial charge in [-0.2, -0.15) is 5.10 Å². The number of Topliss-reactive ketones (excluding diaryl/α,β-unsaturated/α-hetero) is 1. The van der Waals surface area contributed by atoms with Crippen molar-refractivity contribution in [3.63, 3.8) is 0 Å². The lowest BCUT2D eigenvalue weighted by Crippen LogP contribution is -2.51. The molecule has 0 aromatic carbocycles. The van der Waals surface area contributed by atoms with Crippen LogP contribution in [0.5, 0.6) is 0 Å². The van der Waals surface area contributed by atoms with Gasteiger partial charge >= 0.3 is 5.97 Å². The molecule has 0 aromatic rings. The first-order chi connectivity index (χ1) is 12.7. The summed E-state index contributed by atoms with van der Waals surface area (Å²) in [6.07, 6.45) is 4.80. The van der Waals surface area contributed by atoms with E-state index in [9.17, 15) is 19.2 Å². The molecule has 27 heavy (non-hydrogen) atoms. The molecule has 0 aromatic heterocycles. The van der Waals surface area contributed by atoms with Crippen molar-refractivity contribution in [3.05, 3.63) is 0 Å². The van der Waals surface area contributed by atoms with Gasteiger partial charge in [0, 0.05) is 12.5 Å². The summed E-state index contributed by atoms with van der Waals surface area (Å²) < 4.78 is 4.80. The van der Waals surface area contributed by atoms with Gasteiger partial charge in [-0.1, -0.05) is 19.3 Å². The third-order valence-electron chi connectivity index (χ3n) is 5.72. The molecule has 2 aliphatic heterocycles. The SMILES string of the molecule is COC(=O)C1=NN(C(C)(C)CC(C)=O)[C@H]2C(=O)N(C3CCCCC3)C(=O)[C@@H]12. The molecule has 0 bridgehead atoms. The van der Waals surface area contributed by atoms with Crippen LogP contribution in [0.2, 0.25) is 0 Å². The standard InChI is InChI=1S/C19H27N3O5/c1-11(23)10-19(2,3)22-15-13(14(20-22)18(26)27-4)16(24)21(17(15)25)12-8-6-5-7-9-12/h12-13,15H,5-10H2,1-4H3/t13-,15+/m0/s1. The van der Waals surface area contributed by atoms with Gasteiger partial charge in [-0.05, 0) is 33.6 Å². The van der Waals surface area contributed by atoms with Crippen LogP contribution in [0, 0.1) is 5.92 Å². The van der Waals surface area contributed by atoms with E-state index in [0.29, 0.717) is 0 Å². The van der Waals surface area contributed by atoms with Crippen LogP contribution < -0.4 is 0 Å². The normalized spacial score (nSPS) is 26.3. The highest BCUT2D eigenvalue weighted by molar-refractivity contribution is 6.44. The first-order valence-corrected chi connectivity index (χ1v) is 9.51. The number of amides is 2. The van der Waals surface area contributed by atoms with Crippen molar-refractivity contribution in [1.82, 2.24) is 9.91 Å². The topological polar surface area (TPSA) is 96.3 Å². The molecule has 1 saturated carbocycles. The lowest BCUT2D eigenvalue weighted by atomic mass is 9.92. The zero-order valence-electron chi connectivity index (χ0n) is 16.4. The van der Waals surface area contributed by atoms with E-state index < -0.39 is 23.5 Å². The maximum atomic E-state index is 13.2. The molecule has 2 heterocycles. The number of methoxy groups -OCH3 is 1. The molecule has 2 atom stereocenters. The molecular weight excluding hydrogens is 350 g/mol. The van der Waals surface area contributed by atoms with Gasteiger partial charge in [0.05, 0.1) is 12.6 Å². The first-order valence-electron chi connectivity index (χ1n) is 9.51. The van der Waals surface area contributed by atoms with Crippen LogP contribution in [-0.4, -0.2) is 63.9 Å². The third kappa shape index (κ3) is 3.26. The molecular formula is C19H27N3O5.